The molecule has 1 aromatic rings. The van der Waals surface area contributed by atoms with E-state index < -0.39 is 0 Å². The number of benzene rings is 1. The molecule has 0 fully saturated rings. The van der Waals surface area contributed by atoms with Crippen molar-refractivity contribution in [2.24, 2.45) is 0 Å². The lowest BCUT2D eigenvalue weighted by Gasteiger charge is -2.00. The predicted octanol–water partition coefficient (Wildman–Crippen LogP) is 1.99. The zero-order chi connectivity index (χ0) is 11.1. The van der Waals surface area contributed by atoms with Gasteiger partial charge in [0.1, 0.15) is 0 Å². The number of methoxy groups -OCH3 is 1. The molecule has 1 rings (SSSR count). The molecule has 15 heavy (non-hydrogen) atoms. The predicted molar refractivity (Wildman–Crippen MR) is 59.8 cm³/mol. The van der Waals surface area contributed by atoms with Gasteiger partial charge >= 0.3 is 5.97 Å². The van der Waals surface area contributed by atoms with Gasteiger partial charge in [-0.15, -0.1) is 11.6 Å². The highest BCUT2D eigenvalue weighted by atomic mass is 35.5. The Morgan fingerprint density at radius 1 is 1.53 bits per heavy atom. The quantitative estimate of drug-likeness (QED) is 0.435. The summed E-state index contributed by atoms with van der Waals surface area (Å²) in [5.41, 5.74) is 1.75. The molecule has 0 heterocycles. The van der Waals surface area contributed by atoms with Crippen molar-refractivity contribution in [3.8, 4) is 11.8 Å². The summed E-state index contributed by atoms with van der Waals surface area (Å²) < 4.78 is 4.58. The van der Waals surface area contributed by atoms with Gasteiger partial charge in [0.2, 0.25) is 0 Å². The first-order valence-electron chi connectivity index (χ1n) is 4.47. The number of ether oxygens (including phenoxy) is 1. The number of rotatable bonds is 2. The summed E-state index contributed by atoms with van der Waals surface area (Å²) in [6.07, 6.45) is 0.271. The van der Waals surface area contributed by atoms with Crippen molar-refractivity contribution in [2.45, 2.75) is 6.42 Å². The van der Waals surface area contributed by atoms with Crippen LogP contribution in [0, 0.1) is 11.8 Å². The second-order valence-corrected chi connectivity index (χ2v) is 3.16. The van der Waals surface area contributed by atoms with E-state index in [0.29, 0.717) is 5.88 Å². The highest BCUT2D eigenvalue weighted by molar-refractivity contribution is 6.19. The number of hydrogen-bond donors (Lipinski definition) is 0. The number of carbonyl (C=O) groups excluding carboxylic acids is 1. The third-order valence-corrected chi connectivity index (χ3v) is 1.94. The molecule has 0 spiro atoms. The van der Waals surface area contributed by atoms with E-state index in [1.165, 1.54) is 7.11 Å². The van der Waals surface area contributed by atoms with Gasteiger partial charge in [0.25, 0.3) is 0 Å². The third-order valence-electron chi connectivity index (χ3n) is 1.80. The van der Waals surface area contributed by atoms with Crippen LogP contribution in [0.15, 0.2) is 24.3 Å². The van der Waals surface area contributed by atoms with Crippen molar-refractivity contribution < 1.29 is 9.53 Å². The van der Waals surface area contributed by atoms with Gasteiger partial charge in [-0.1, -0.05) is 24.0 Å². The molecular weight excluding hydrogens is 212 g/mol. The molecule has 78 valence electrons. The molecule has 0 unspecified atom stereocenters. The van der Waals surface area contributed by atoms with Crippen LogP contribution in [-0.2, 0) is 16.0 Å². The van der Waals surface area contributed by atoms with Crippen molar-refractivity contribution in [2.75, 3.05) is 13.0 Å². The minimum atomic E-state index is -0.252. The number of carbonyl (C=O) groups is 1. The van der Waals surface area contributed by atoms with E-state index in [2.05, 4.69) is 16.6 Å². The third kappa shape index (κ3) is 4.05. The van der Waals surface area contributed by atoms with E-state index in [4.69, 9.17) is 11.6 Å². The van der Waals surface area contributed by atoms with Crippen LogP contribution < -0.4 is 0 Å². The van der Waals surface area contributed by atoms with Crippen molar-refractivity contribution in [1.29, 1.82) is 0 Å². The first kappa shape index (κ1) is 11.6. The number of alkyl halides is 1. The second kappa shape index (κ2) is 6.10. The average molecular weight is 223 g/mol. The molecule has 0 radical (unpaired) electrons. The lowest BCUT2D eigenvalue weighted by molar-refractivity contribution is -0.139. The first-order chi connectivity index (χ1) is 7.26. The maximum atomic E-state index is 11.0. The van der Waals surface area contributed by atoms with Gasteiger partial charge < -0.3 is 4.74 Å². The Morgan fingerprint density at radius 2 is 2.33 bits per heavy atom. The maximum Gasteiger partial charge on any atom is 0.309 e. The van der Waals surface area contributed by atoms with Crippen LogP contribution >= 0.6 is 11.6 Å². The number of halogens is 1. The van der Waals surface area contributed by atoms with Crippen LogP contribution in [0.1, 0.15) is 11.1 Å². The lowest BCUT2D eigenvalue weighted by Crippen LogP contribution is -2.04. The normalized spacial score (nSPS) is 8.93. The zero-order valence-electron chi connectivity index (χ0n) is 8.42. The Hall–Kier alpha value is -1.46. The Morgan fingerprint density at radius 3 is 3.00 bits per heavy atom. The highest BCUT2D eigenvalue weighted by Gasteiger charge is 2.02. The summed E-state index contributed by atoms with van der Waals surface area (Å²) in [5.74, 6) is 5.70. The van der Waals surface area contributed by atoms with Gasteiger partial charge in [0, 0.05) is 5.56 Å². The maximum absolute atomic E-state index is 11.0. The van der Waals surface area contributed by atoms with E-state index >= 15 is 0 Å². The summed E-state index contributed by atoms with van der Waals surface area (Å²) in [5, 5.41) is 0. The standard InChI is InChI=1S/C12H11ClO2/c1-15-12(14)9-11-5-2-4-10(8-11)6-3-7-13/h2,4-5,8H,7,9H2,1H3. The summed E-state index contributed by atoms with van der Waals surface area (Å²) >= 11 is 5.45. The van der Waals surface area contributed by atoms with Crippen LogP contribution in [0.4, 0.5) is 0 Å². The Kier molecular flexibility index (Phi) is 4.73. The van der Waals surface area contributed by atoms with Gasteiger partial charge in [-0.3, -0.25) is 4.79 Å². The summed E-state index contributed by atoms with van der Waals surface area (Å²) in [7, 11) is 1.37. The van der Waals surface area contributed by atoms with Gasteiger partial charge in [0.15, 0.2) is 0 Å². The molecule has 0 N–H and O–H groups in total. The van der Waals surface area contributed by atoms with Crippen molar-refractivity contribution in [3.63, 3.8) is 0 Å². The van der Waals surface area contributed by atoms with E-state index in [-0.39, 0.29) is 12.4 Å². The van der Waals surface area contributed by atoms with Gasteiger partial charge in [-0.05, 0) is 17.7 Å². The molecule has 2 nitrogen and oxygen atoms in total. The zero-order valence-corrected chi connectivity index (χ0v) is 9.17. The lowest BCUT2D eigenvalue weighted by atomic mass is 10.1. The molecule has 0 saturated heterocycles. The Labute approximate surface area is 94.2 Å². The van der Waals surface area contributed by atoms with Crippen molar-refractivity contribution >= 4 is 17.6 Å². The minimum Gasteiger partial charge on any atom is -0.469 e. The monoisotopic (exact) mass is 222 g/mol. The SMILES string of the molecule is COC(=O)Cc1cccc(C#CCCl)c1. The van der Waals surface area contributed by atoms with Gasteiger partial charge in [-0.25, -0.2) is 0 Å². The van der Waals surface area contributed by atoms with Gasteiger partial charge in [-0.2, -0.15) is 0 Å². The second-order valence-electron chi connectivity index (χ2n) is 2.89. The highest BCUT2D eigenvalue weighted by Crippen LogP contribution is 2.05. The van der Waals surface area contributed by atoms with Crippen molar-refractivity contribution in [1.82, 2.24) is 0 Å². The van der Waals surface area contributed by atoms with E-state index in [1.807, 2.05) is 24.3 Å². The number of hydrogen-bond acceptors (Lipinski definition) is 2. The topological polar surface area (TPSA) is 26.3 Å². The van der Waals surface area contributed by atoms with Gasteiger partial charge in [0.05, 0.1) is 19.4 Å². The van der Waals surface area contributed by atoms with E-state index in [0.717, 1.165) is 11.1 Å². The minimum absolute atomic E-state index is 0.252. The Balaban J connectivity index is 2.78. The van der Waals surface area contributed by atoms with E-state index in [9.17, 15) is 4.79 Å². The summed E-state index contributed by atoms with van der Waals surface area (Å²) in [6.45, 7) is 0. The van der Waals surface area contributed by atoms with Crippen molar-refractivity contribution in [3.05, 3.63) is 35.4 Å². The molecule has 0 bridgehead atoms. The molecule has 0 amide bonds. The molecule has 3 heteroatoms. The van der Waals surface area contributed by atoms with Crippen LogP contribution in [0.3, 0.4) is 0 Å². The average Bonchev–Trinajstić information content (AvgIpc) is 2.26. The molecule has 0 atom stereocenters. The fourth-order valence-electron chi connectivity index (χ4n) is 1.13. The molecule has 1 aromatic carbocycles. The molecule has 0 aliphatic heterocycles. The Bertz CT molecular complexity index is 402. The molecule has 0 aliphatic carbocycles. The van der Waals surface area contributed by atoms with E-state index in [1.54, 1.807) is 0 Å². The largest absolute Gasteiger partial charge is 0.469 e. The summed E-state index contributed by atoms with van der Waals surface area (Å²) in [4.78, 5) is 11.0. The van der Waals surface area contributed by atoms with Crippen LogP contribution in [-0.4, -0.2) is 19.0 Å². The smallest absolute Gasteiger partial charge is 0.309 e. The fraction of sp³-hybridized carbons (Fsp3) is 0.250. The summed E-state index contributed by atoms with van der Waals surface area (Å²) in [6, 6.07) is 7.45. The van der Waals surface area contributed by atoms with Crippen LogP contribution in [0.25, 0.3) is 0 Å². The molecule has 0 aromatic heterocycles. The molecule has 0 saturated carbocycles. The molecule has 0 aliphatic rings. The fourth-order valence-corrected chi connectivity index (χ4v) is 1.20. The van der Waals surface area contributed by atoms with Crippen LogP contribution in [0.5, 0.6) is 0 Å². The van der Waals surface area contributed by atoms with Crippen LogP contribution in [0.2, 0.25) is 0 Å². The first-order valence-corrected chi connectivity index (χ1v) is 5.00. The molecular formula is C12H11ClO2. The number of esters is 1.